The average molecular weight is 396 g/mol. The number of rotatable bonds is 9. The molecule has 2 rings (SSSR count). The van der Waals surface area contributed by atoms with Gasteiger partial charge in [-0.25, -0.2) is 4.39 Å². The van der Waals surface area contributed by atoms with Crippen molar-refractivity contribution in [2.24, 2.45) is 4.99 Å². The Hall–Kier alpha value is -1.31. The second-order valence-corrected chi connectivity index (χ2v) is 7.92. The number of hydrogen-bond acceptors (Lipinski definition) is 4. The number of unbranched alkanes of at least 4 members (excludes halogenated alkanes) is 1. The van der Waals surface area contributed by atoms with Crippen LogP contribution in [0.15, 0.2) is 23.2 Å². The molecule has 2 N–H and O–H groups in total. The van der Waals surface area contributed by atoms with Gasteiger partial charge in [0.15, 0.2) is 5.96 Å². The summed E-state index contributed by atoms with van der Waals surface area (Å²) in [5, 5.41) is 6.72. The zero-order valence-electron chi connectivity index (χ0n) is 16.9. The minimum absolute atomic E-state index is 0.175. The van der Waals surface area contributed by atoms with Crippen molar-refractivity contribution >= 4 is 17.7 Å². The number of piperazine rings is 1. The number of likely N-dealkylation sites (N-methyl/N-ethyl adjacent to an activating group) is 1. The molecule has 0 spiro atoms. The highest BCUT2D eigenvalue weighted by Crippen LogP contribution is 2.16. The molecule has 1 heterocycles. The lowest BCUT2D eigenvalue weighted by molar-refractivity contribution is 0.152. The summed E-state index contributed by atoms with van der Waals surface area (Å²) in [5.41, 5.74) is 2.15. The van der Waals surface area contributed by atoms with Crippen molar-refractivity contribution in [3.8, 4) is 0 Å². The third-order valence-corrected chi connectivity index (χ3v) is 5.53. The molecule has 0 aromatic heterocycles. The number of halogens is 1. The number of nitrogens with one attached hydrogen (secondary N) is 2. The molecule has 1 aromatic carbocycles. The Balaban J connectivity index is 1.66. The van der Waals surface area contributed by atoms with Gasteiger partial charge in [0.1, 0.15) is 5.82 Å². The predicted octanol–water partition coefficient (Wildman–Crippen LogP) is 2.38. The van der Waals surface area contributed by atoms with Crippen molar-refractivity contribution in [1.29, 1.82) is 0 Å². The maximum Gasteiger partial charge on any atom is 0.191 e. The van der Waals surface area contributed by atoms with Gasteiger partial charge in [-0.2, -0.15) is 11.8 Å². The van der Waals surface area contributed by atoms with E-state index < -0.39 is 0 Å². The lowest BCUT2D eigenvalue weighted by Gasteiger charge is -2.32. The van der Waals surface area contributed by atoms with Crippen LogP contribution in [0.3, 0.4) is 0 Å². The van der Waals surface area contributed by atoms with Crippen LogP contribution in [0.25, 0.3) is 0 Å². The third kappa shape index (κ3) is 8.07. The molecule has 27 heavy (non-hydrogen) atoms. The number of guanidine groups is 1. The highest BCUT2D eigenvalue weighted by Gasteiger charge is 2.12. The zero-order chi connectivity index (χ0) is 19.5. The second-order valence-electron chi connectivity index (χ2n) is 7.05. The van der Waals surface area contributed by atoms with E-state index in [2.05, 4.69) is 32.5 Å². The molecule has 1 fully saturated rings. The van der Waals surface area contributed by atoms with Crippen LogP contribution >= 0.6 is 11.8 Å². The monoisotopic (exact) mass is 395 g/mol. The van der Waals surface area contributed by atoms with E-state index in [-0.39, 0.29) is 5.82 Å². The summed E-state index contributed by atoms with van der Waals surface area (Å²) in [7, 11) is 3.98. The summed E-state index contributed by atoms with van der Waals surface area (Å²) < 4.78 is 13.5. The van der Waals surface area contributed by atoms with E-state index >= 15 is 0 Å². The fourth-order valence-corrected chi connectivity index (χ4v) is 3.77. The highest BCUT2D eigenvalue weighted by atomic mass is 32.2. The first-order chi connectivity index (χ1) is 13.1. The van der Waals surface area contributed by atoms with Gasteiger partial charge in [-0.05, 0) is 55.9 Å². The number of nitrogens with zero attached hydrogens (tertiary/aromatic N) is 3. The molecule has 0 amide bonds. The number of aliphatic imine (C=N–C) groups is 1. The van der Waals surface area contributed by atoms with Crippen LogP contribution in [-0.2, 0) is 12.3 Å². The van der Waals surface area contributed by atoms with Gasteiger partial charge in [0.05, 0.1) is 0 Å². The van der Waals surface area contributed by atoms with Crippen molar-refractivity contribution in [3.05, 3.63) is 35.1 Å². The first-order valence-corrected chi connectivity index (χ1v) is 11.1. The van der Waals surface area contributed by atoms with Crippen molar-refractivity contribution in [1.82, 2.24) is 20.4 Å². The molecule has 0 aliphatic carbocycles. The van der Waals surface area contributed by atoms with E-state index in [0.29, 0.717) is 6.54 Å². The normalized spacial score (nSPS) is 16.5. The van der Waals surface area contributed by atoms with E-state index in [9.17, 15) is 4.39 Å². The molecule has 7 heteroatoms. The lowest BCUT2D eigenvalue weighted by Crippen LogP contribution is -2.44. The molecule has 0 saturated carbocycles. The minimum Gasteiger partial charge on any atom is -0.356 e. The highest BCUT2D eigenvalue weighted by molar-refractivity contribution is 7.97. The van der Waals surface area contributed by atoms with E-state index in [1.807, 2.05) is 12.3 Å². The van der Waals surface area contributed by atoms with Gasteiger partial charge in [0.2, 0.25) is 0 Å². The Morgan fingerprint density at radius 3 is 2.63 bits per heavy atom. The molecular weight excluding hydrogens is 361 g/mol. The predicted molar refractivity (Wildman–Crippen MR) is 115 cm³/mol. The summed E-state index contributed by atoms with van der Waals surface area (Å²) >= 11 is 1.70. The molecule has 1 aliphatic rings. The van der Waals surface area contributed by atoms with Gasteiger partial charge in [-0.15, -0.1) is 0 Å². The lowest BCUT2D eigenvalue weighted by atomic mass is 10.1. The third-order valence-electron chi connectivity index (χ3n) is 4.93. The Kier molecular flexibility index (Phi) is 9.94. The van der Waals surface area contributed by atoms with E-state index in [0.717, 1.165) is 35.8 Å². The van der Waals surface area contributed by atoms with Crippen molar-refractivity contribution < 1.29 is 4.39 Å². The van der Waals surface area contributed by atoms with Crippen LogP contribution in [0.4, 0.5) is 4.39 Å². The Morgan fingerprint density at radius 1 is 1.15 bits per heavy atom. The van der Waals surface area contributed by atoms with Crippen LogP contribution in [0.2, 0.25) is 0 Å². The smallest absolute Gasteiger partial charge is 0.191 e. The average Bonchev–Trinajstić information content (AvgIpc) is 2.67. The summed E-state index contributed by atoms with van der Waals surface area (Å²) in [6.45, 7) is 7.46. The van der Waals surface area contributed by atoms with Crippen LogP contribution in [0, 0.1) is 5.82 Å². The Bertz CT molecular complexity index is 588. The summed E-state index contributed by atoms with van der Waals surface area (Å²) in [5.74, 6) is 1.44. The molecule has 5 nitrogen and oxygen atoms in total. The topological polar surface area (TPSA) is 42.9 Å². The molecule has 1 aliphatic heterocycles. The van der Waals surface area contributed by atoms with E-state index in [1.54, 1.807) is 24.9 Å². The van der Waals surface area contributed by atoms with Gasteiger partial charge in [0, 0.05) is 52.1 Å². The number of hydrogen-bond donors (Lipinski definition) is 2. The minimum atomic E-state index is -0.175. The fraction of sp³-hybridized carbons (Fsp3) is 0.650. The quantitative estimate of drug-likeness (QED) is 0.382. The van der Waals surface area contributed by atoms with E-state index in [1.165, 1.54) is 45.2 Å². The van der Waals surface area contributed by atoms with Gasteiger partial charge in [-0.3, -0.25) is 4.99 Å². The molecule has 152 valence electrons. The summed E-state index contributed by atoms with van der Waals surface area (Å²) in [4.78, 5) is 9.23. The van der Waals surface area contributed by atoms with Crippen molar-refractivity contribution in [2.75, 3.05) is 59.6 Å². The van der Waals surface area contributed by atoms with Gasteiger partial charge in [-0.1, -0.05) is 6.07 Å². The van der Waals surface area contributed by atoms with Gasteiger partial charge in [0.25, 0.3) is 0 Å². The molecule has 1 saturated heterocycles. The molecule has 0 radical (unpaired) electrons. The summed E-state index contributed by atoms with van der Waals surface area (Å²) in [6, 6.07) is 5.01. The van der Waals surface area contributed by atoms with Gasteiger partial charge < -0.3 is 20.4 Å². The molecule has 0 bridgehead atoms. The SMILES string of the molecule is CN=C(NCCCCN1CCN(C)CC1)NCc1ccc(F)cc1CSC. The van der Waals surface area contributed by atoms with Crippen LogP contribution < -0.4 is 10.6 Å². The fourth-order valence-electron chi connectivity index (χ4n) is 3.20. The largest absolute Gasteiger partial charge is 0.356 e. The van der Waals surface area contributed by atoms with E-state index in [4.69, 9.17) is 0 Å². The molecule has 0 unspecified atom stereocenters. The Labute approximate surface area is 167 Å². The number of benzene rings is 1. The standard InChI is InChI=1S/C20H34FN5S/c1-22-20(23-8-4-5-9-26-12-10-25(2)11-13-26)24-15-17-6-7-19(21)14-18(17)16-27-3/h6-7,14H,4-5,8-13,15-16H2,1-3H3,(H2,22,23,24). The van der Waals surface area contributed by atoms with Crippen molar-refractivity contribution in [2.45, 2.75) is 25.1 Å². The molecule has 1 aromatic rings. The first-order valence-electron chi connectivity index (χ1n) is 9.74. The van der Waals surface area contributed by atoms with Gasteiger partial charge >= 0.3 is 0 Å². The second kappa shape index (κ2) is 12.2. The van der Waals surface area contributed by atoms with Crippen molar-refractivity contribution in [3.63, 3.8) is 0 Å². The first kappa shape index (κ1) is 22.0. The van der Waals surface area contributed by atoms with Crippen LogP contribution in [0.1, 0.15) is 24.0 Å². The number of thioether (sulfide) groups is 1. The summed E-state index contributed by atoms with van der Waals surface area (Å²) in [6.07, 6.45) is 4.36. The van der Waals surface area contributed by atoms with Crippen LogP contribution in [-0.4, -0.2) is 75.4 Å². The Morgan fingerprint density at radius 2 is 1.93 bits per heavy atom. The molecular formula is C20H34FN5S. The maximum atomic E-state index is 13.5. The molecule has 0 atom stereocenters. The van der Waals surface area contributed by atoms with Crippen LogP contribution in [0.5, 0.6) is 0 Å². The zero-order valence-corrected chi connectivity index (χ0v) is 17.7. The maximum absolute atomic E-state index is 13.5.